The molecular weight excluding hydrogens is 238 g/mol. The highest BCUT2D eigenvalue weighted by atomic mass is 32.1. The van der Waals surface area contributed by atoms with Gasteiger partial charge in [-0.05, 0) is 44.0 Å². The van der Waals surface area contributed by atoms with Crippen molar-refractivity contribution >= 4 is 27.1 Å². The molecule has 18 heavy (non-hydrogen) atoms. The SMILES string of the molecule is C=C/C=C(\C=C/C)c1nc2cc(C)c(C)cc2s1. The summed E-state index contributed by atoms with van der Waals surface area (Å²) in [5, 5.41) is 1.05. The largest absolute Gasteiger partial charge is 0.236 e. The van der Waals surface area contributed by atoms with Crippen molar-refractivity contribution in [2.45, 2.75) is 20.8 Å². The lowest BCUT2D eigenvalue weighted by atomic mass is 10.1. The Hall–Kier alpha value is -1.67. The second kappa shape index (κ2) is 5.32. The van der Waals surface area contributed by atoms with Crippen molar-refractivity contribution in [3.8, 4) is 0 Å². The van der Waals surface area contributed by atoms with Crippen molar-refractivity contribution in [3.05, 3.63) is 59.2 Å². The molecule has 0 fully saturated rings. The molecule has 0 saturated carbocycles. The summed E-state index contributed by atoms with van der Waals surface area (Å²) in [7, 11) is 0. The highest BCUT2D eigenvalue weighted by molar-refractivity contribution is 7.19. The number of hydrogen-bond acceptors (Lipinski definition) is 2. The molecule has 1 heterocycles. The van der Waals surface area contributed by atoms with Gasteiger partial charge in [0.2, 0.25) is 0 Å². The maximum atomic E-state index is 4.70. The number of rotatable bonds is 3. The van der Waals surface area contributed by atoms with Gasteiger partial charge >= 0.3 is 0 Å². The Bertz CT molecular complexity index is 605. The van der Waals surface area contributed by atoms with Crippen molar-refractivity contribution < 1.29 is 0 Å². The van der Waals surface area contributed by atoms with Crippen LogP contribution >= 0.6 is 11.3 Å². The molecule has 2 heteroatoms. The van der Waals surface area contributed by atoms with E-state index in [0.29, 0.717) is 0 Å². The van der Waals surface area contributed by atoms with Gasteiger partial charge in [0.15, 0.2) is 0 Å². The Kier molecular flexibility index (Phi) is 3.78. The molecule has 0 aliphatic heterocycles. The Morgan fingerprint density at radius 2 is 2.00 bits per heavy atom. The summed E-state index contributed by atoms with van der Waals surface area (Å²) in [6.07, 6.45) is 7.90. The molecule has 0 saturated heterocycles. The molecule has 92 valence electrons. The van der Waals surface area contributed by atoms with Gasteiger partial charge in [-0.2, -0.15) is 0 Å². The molecule has 1 aromatic heterocycles. The zero-order chi connectivity index (χ0) is 13.1. The topological polar surface area (TPSA) is 12.9 Å². The first-order chi connectivity index (χ1) is 8.65. The van der Waals surface area contributed by atoms with E-state index in [4.69, 9.17) is 4.98 Å². The molecule has 0 unspecified atom stereocenters. The Morgan fingerprint density at radius 1 is 1.28 bits per heavy atom. The van der Waals surface area contributed by atoms with Crippen LogP contribution in [0.25, 0.3) is 15.8 Å². The fourth-order valence-electron chi connectivity index (χ4n) is 1.81. The molecule has 0 aliphatic rings. The summed E-state index contributed by atoms with van der Waals surface area (Å²) in [5.41, 5.74) is 4.80. The summed E-state index contributed by atoms with van der Waals surface area (Å²) < 4.78 is 1.24. The van der Waals surface area contributed by atoms with Gasteiger partial charge in [-0.15, -0.1) is 11.3 Å². The van der Waals surface area contributed by atoms with E-state index >= 15 is 0 Å². The highest BCUT2D eigenvalue weighted by Gasteiger charge is 2.07. The molecule has 1 aromatic carbocycles. The zero-order valence-corrected chi connectivity index (χ0v) is 11.8. The van der Waals surface area contributed by atoms with Gasteiger partial charge in [0.05, 0.1) is 10.2 Å². The first-order valence-electron chi connectivity index (χ1n) is 5.99. The van der Waals surface area contributed by atoms with E-state index in [1.165, 1.54) is 15.8 Å². The molecule has 0 atom stereocenters. The number of aryl methyl sites for hydroxylation is 2. The second-order valence-electron chi connectivity index (χ2n) is 4.28. The lowest BCUT2D eigenvalue weighted by Crippen LogP contribution is -1.80. The number of aromatic nitrogens is 1. The van der Waals surface area contributed by atoms with Crippen molar-refractivity contribution in [1.29, 1.82) is 0 Å². The predicted molar refractivity (Wildman–Crippen MR) is 82.1 cm³/mol. The van der Waals surface area contributed by atoms with Crippen LogP contribution in [-0.4, -0.2) is 4.98 Å². The molecule has 2 rings (SSSR count). The normalized spacial score (nSPS) is 12.5. The quantitative estimate of drug-likeness (QED) is 0.699. The van der Waals surface area contributed by atoms with Gasteiger partial charge < -0.3 is 0 Å². The Balaban J connectivity index is 2.59. The van der Waals surface area contributed by atoms with Crippen LogP contribution in [0.3, 0.4) is 0 Å². The minimum atomic E-state index is 1.05. The molecule has 0 N–H and O–H groups in total. The fraction of sp³-hybridized carbons (Fsp3) is 0.188. The van der Waals surface area contributed by atoms with Crippen LogP contribution in [0.2, 0.25) is 0 Å². The van der Waals surface area contributed by atoms with E-state index in [9.17, 15) is 0 Å². The third-order valence-corrected chi connectivity index (χ3v) is 3.96. The van der Waals surface area contributed by atoms with Crippen molar-refractivity contribution in [2.75, 3.05) is 0 Å². The van der Waals surface area contributed by atoms with E-state index in [0.717, 1.165) is 16.1 Å². The van der Waals surface area contributed by atoms with Gasteiger partial charge in [-0.1, -0.05) is 30.9 Å². The number of hydrogen-bond donors (Lipinski definition) is 0. The van der Waals surface area contributed by atoms with E-state index in [1.807, 2.05) is 19.1 Å². The maximum absolute atomic E-state index is 4.70. The lowest BCUT2D eigenvalue weighted by molar-refractivity contribution is 1.35. The maximum Gasteiger partial charge on any atom is 0.124 e. The fourth-order valence-corrected chi connectivity index (χ4v) is 2.86. The monoisotopic (exact) mass is 255 g/mol. The summed E-state index contributed by atoms with van der Waals surface area (Å²) in [4.78, 5) is 4.70. The molecular formula is C16H17NS. The van der Waals surface area contributed by atoms with Gasteiger partial charge in [0.25, 0.3) is 0 Å². The van der Waals surface area contributed by atoms with E-state index in [2.05, 4.69) is 38.6 Å². The van der Waals surface area contributed by atoms with Gasteiger partial charge in [-0.3, -0.25) is 0 Å². The smallest absolute Gasteiger partial charge is 0.124 e. The molecule has 0 aliphatic carbocycles. The third-order valence-electron chi connectivity index (χ3n) is 2.89. The Morgan fingerprint density at radius 3 is 2.67 bits per heavy atom. The third kappa shape index (κ3) is 2.44. The van der Waals surface area contributed by atoms with Crippen LogP contribution in [0.15, 0.2) is 43.0 Å². The summed E-state index contributed by atoms with van der Waals surface area (Å²) in [6, 6.07) is 4.37. The Labute approximate surface area is 112 Å². The molecule has 0 spiro atoms. The zero-order valence-electron chi connectivity index (χ0n) is 11.0. The van der Waals surface area contributed by atoms with E-state index in [1.54, 1.807) is 17.4 Å². The first kappa shape index (κ1) is 12.8. The first-order valence-corrected chi connectivity index (χ1v) is 6.81. The molecule has 0 radical (unpaired) electrons. The average molecular weight is 255 g/mol. The van der Waals surface area contributed by atoms with Crippen molar-refractivity contribution in [2.24, 2.45) is 0 Å². The van der Waals surface area contributed by atoms with Gasteiger partial charge in [-0.25, -0.2) is 4.98 Å². The molecule has 1 nitrogen and oxygen atoms in total. The number of fused-ring (bicyclic) bond motifs is 1. The van der Waals surface area contributed by atoms with Crippen LogP contribution in [0.5, 0.6) is 0 Å². The van der Waals surface area contributed by atoms with Crippen LogP contribution < -0.4 is 0 Å². The van der Waals surface area contributed by atoms with Crippen LogP contribution in [0.1, 0.15) is 23.1 Å². The lowest BCUT2D eigenvalue weighted by Gasteiger charge is -1.96. The molecule has 0 amide bonds. The number of thiazole rings is 1. The van der Waals surface area contributed by atoms with Crippen molar-refractivity contribution in [3.63, 3.8) is 0 Å². The highest BCUT2D eigenvalue weighted by Crippen LogP contribution is 2.29. The van der Waals surface area contributed by atoms with Crippen LogP contribution in [-0.2, 0) is 0 Å². The summed E-state index contributed by atoms with van der Waals surface area (Å²) in [5.74, 6) is 0. The van der Waals surface area contributed by atoms with Gasteiger partial charge in [0, 0.05) is 5.57 Å². The molecule has 0 bridgehead atoms. The second-order valence-corrected chi connectivity index (χ2v) is 5.31. The minimum Gasteiger partial charge on any atom is -0.236 e. The number of allylic oxidation sites excluding steroid dienone is 5. The van der Waals surface area contributed by atoms with E-state index in [-0.39, 0.29) is 0 Å². The van der Waals surface area contributed by atoms with Gasteiger partial charge in [0.1, 0.15) is 5.01 Å². The van der Waals surface area contributed by atoms with Crippen LogP contribution in [0.4, 0.5) is 0 Å². The number of benzene rings is 1. The van der Waals surface area contributed by atoms with Crippen LogP contribution in [0, 0.1) is 13.8 Å². The minimum absolute atomic E-state index is 1.05. The summed E-state index contributed by atoms with van der Waals surface area (Å²) >= 11 is 1.73. The standard InChI is InChI=1S/C16H17NS/c1-5-7-13(8-6-2)16-17-14-9-11(3)12(4)10-15(14)18-16/h5-10H,1H2,2-4H3/b8-6-,13-7+. The average Bonchev–Trinajstić information content (AvgIpc) is 2.72. The number of nitrogens with zero attached hydrogens (tertiary/aromatic N) is 1. The summed E-state index contributed by atoms with van der Waals surface area (Å²) in [6.45, 7) is 10.0. The predicted octanol–water partition coefficient (Wildman–Crippen LogP) is 5.06. The molecule has 2 aromatic rings. The van der Waals surface area contributed by atoms with Crippen molar-refractivity contribution in [1.82, 2.24) is 4.98 Å². The van der Waals surface area contributed by atoms with E-state index < -0.39 is 0 Å².